The van der Waals surface area contributed by atoms with Crippen LogP contribution >= 0.6 is 11.3 Å². The third-order valence-corrected chi connectivity index (χ3v) is 2.03. The van der Waals surface area contributed by atoms with Crippen LogP contribution in [0.25, 0.3) is 11.5 Å². The molecule has 0 aliphatic heterocycles. The van der Waals surface area contributed by atoms with Crippen molar-refractivity contribution in [2.75, 3.05) is 0 Å². The lowest BCUT2D eigenvalue weighted by atomic mass is 10.3. The number of amides is 1. The Hall–Kier alpha value is -1.62. The van der Waals surface area contributed by atoms with Crippen molar-refractivity contribution in [1.29, 1.82) is 0 Å². The van der Waals surface area contributed by atoms with E-state index in [1.807, 2.05) is 0 Å². The highest BCUT2D eigenvalue weighted by Gasteiger charge is 2.09. The Morgan fingerprint density at radius 2 is 2.46 bits per heavy atom. The summed E-state index contributed by atoms with van der Waals surface area (Å²) < 4.78 is 5.14. The zero-order valence-electron chi connectivity index (χ0n) is 6.48. The molecule has 0 spiro atoms. The van der Waals surface area contributed by atoms with Gasteiger partial charge in [-0.2, -0.15) is 0 Å². The van der Waals surface area contributed by atoms with Gasteiger partial charge in [0, 0.05) is 5.38 Å². The third kappa shape index (κ3) is 1.46. The predicted molar refractivity (Wildman–Crippen MR) is 47.2 cm³/mol. The number of hydrogen-bond donors (Lipinski definition) is 1. The summed E-state index contributed by atoms with van der Waals surface area (Å²) in [6.45, 7) is 0. The van der Waals surface area contributed by atoms with Gasteiger partial charge in [-0.3, -0.25) is 4.79 Å². The SMILES string of the molecule is NC(=O)c1ccc(-c2cs[c]n2)o1. The summed E-state index contributed by atoms with van der Waals surface area (Å²) in [7, 11) is 0. The minimum Gasteiger partial charge on any atom is -0.449 e. The van der Waals surface area contributed by atoms with Crippen molar-refractivity contribution in [3.8, 4) is 11.5 Å². The average molecular weight is 193 g/mol. The smallest absolute Gasteiger partial charge is 0.284 e. The van der Waals surface area contributed by atoms with Crippen molar-refractivity contribution in [1.82, 2.24) is 4.98 Å². The van der Waals surface area contributed by atoms with Crippen LogP contribution in [0, 0.1) is 5.51 Å². The predicted octanol–water partition coefficient (Wildman–Crippen LogP) is 1.30. The van der Waals surface area contributed by atoms with E-state index in [1.54, 1.807) is 11.4 Å². The van der Waals surface area contributed by atoms with Gasteiger partial charge in [-0.25, -0.2) is 4.98 Å². The molecule has 65 valence electrons. The van der Waals surface area contributed by atoms with E-state index >= 15 is 0 Å². The van der Waals surface area contributed by atoms with Crippen LogP contribution in [0.2, 0.25) is 0 Å². The molecule has 2 aromatic rings. The van der Waals surface area contributed by atoms with Gasteiger partial charge in [-0.05, 0) is 12.1 Å². The molecule has 0 aliphatic rings. The topological polar surface area (TPSA) is 69.1 Å². The number of carbonyl (C=O) groups excluding carboxylic acids is 1. The molecule has 0 saturated heterocycles. The molecule has 0 aromatic carbocycles. The summed E-state index contributed by atoms with van der Waals surface area (Å²) in [6, 6.07) is 3.18. The van der Waals surface area contributed by atoms with E-state index in [9.17, 15) is 4.79 Å². The van der Waals surface area contributed by atoms with Crippen LogP contribution in [-0.4, -0.2) is 10.9 Å². The van der Waals surface area contributed by atoms with Crippen LogP contribution in [0.4, 0.5) is 0 Å². The van der Waals surface area contributed by atoms with Crippen molar-refractivity contribution in [2.45, 2.75) is 0 Å². The fraction of sp³-hybridized carbons (Fsp3) is 0. The Labute approximate surface area is 78.0 Å². The average Bonchev–Trinajstić information content (AvgIpc) is 2.75. The second kappa shape index (κ2) is 3.02. The van der Waals surface area contributed by atoms with Crippen LogP contribution in [0.15, 0.2) is 21.9 Å². The molecule has 0 fully saturated rings. The summed E-state index contributed by atoms with van der Waals surface area (Å²) in [4.78, 5) is 14.6. The third-order valence-electron chi connectivity index (χ3n) is 1.49. The van der Waals surface area contributed by atoms with Crippen molar-refractivity contribution < 1.29 is 9.21 Å². The Morgan fingerprint density at radius 1 is 1.62 bits per heavy atom. The first-order valence-electron chi connectivity index (χ1n) is 3.49. The number of aromatic nitrogens is 1. The molecule has 2 heterocycles. The highest BCUT2D eigenvalue weighted by Crippen LogP contribution is 2.20. The molecular formula is C8H5N2O2S. The van der Waals surface area contributed by atoms with Gasteiger partial charge in [-0.1, -0.05) is 0 Å². The van der Waals surface area contributed by atoms with Gasteiger partial charge in [-0.15, -0.1) is 11.3 Å². The van der Waals surface area contributed by atoms with E-state index in [2.05, 4.69) is 10.5 Å². The molecule has 2 aromatic heterocycles. The van der Waals surface area contributed by atoms with Crippen molar-refractivity contribution in [3.05, 3.63) is 28.8 Å². The Morgan fingerprint density at radius 3 is 3.00 bits per heavy atom. The number of nitrogens with zero attached hydrogens (tertiary/aromatic N) is 1. The van der Waals surface area contributed by atoms with Crippen molar-refractivity contribution in [3.63, 3.8) is 0 Å². The van der Waals surface area contributed by atoms with E-state index in [0.717, 1.165) is 0 Å². The normalized spacial score (nSPS) is 10.2. The quantitative estimate of drug-likeness (QED) is 0.781. The Balaban J connectivity index is 2.39. The standard InChI is InChI=1S/C8H5N2O2S/c9-8(11)7-2-1-6(12-7)5-3-13-4-10-5/h1-3H,(H2,9,11). The molecule has 13 heavy (non-hydrogen) atoms. The maximum atomic E-state index is 10.7. The number of rotatable bonds is 2. The molecule has 0 atom stereocenters. The summed E-state index contributed by atoms with van der Waals surface area (Å²) in [5.41, 5.74) is 8.37. The minimum atomic E-state index is -0.578. The fourth-order valence-corrected chi connectivity index (χ4v) is 1.39. The minimum absolute atomic E-state index is 0.142. The summed E-state index contributed by atoms with van der Waals surface area (Å²) in [6.07, 6.45) is 0. The molecule has 2 rings (SSSR count). The maximum Gasteiger partial charge on any atom is 0.284 e. The molecule has 0 aliphatic carbocycles. The van der Waals surface area contributed by atoms with Crippen LogP contribution in [0.5, 0.6) is 0 Å². The second-order valence-electron chi connectivity index (χ2n) is 2.35. The van der Waals surface area contributed by atoms with Crippen molar-refractivity contribution >= 4 is 17.2 Å². The highest BCUT2D eigenvalue weighted by atomic mass is 32.1. The largest absolute Gasteiger partial charge is 0.449 e. The first-order chi connectivity index (χ1) is 6.27. The maximum absolute atomic E-state index is 10.7. The molecular weight excluding hydrogens is 188 g/mol. The molecule has 0 bridgehead atoms. The number of nitrogens with two attached hydrogens (primary N) is 1. The number of thiazole rings is 1. The lowest BCUT2D eigenvalue weighted by Gasteiger charge is -1.88. The van der Waals surface area contributed by atoms with Crippen LogP contribution in [0.3, 0.4) is 0 Å². The van der Waals surface area contributed by atoms with Gasteiger partial charge in [0.1, 0.15) is 5.69 Å². The van der Waals surface area contributed by atoms with Crippen LogP contribution in [0.1, 0.15) is 10.6 Å². The number of furan rings is 1. The van der Waals surface area contributed by atoms with Gasteiger partial charge in [0.15, 0.2) is 17.0 Å². The summed E-state index contributed by atoms with van der Waals surface area (Å²) in [5.74, 6) is 0.0970. The summed E-state index contributed by atoms with van der Waals surface area (Å²) >= 11 is 1.34. The zero-order chi connectivity index (χ0) is 9.26. The number of primary amides is 1. The Kier molecular flexibility index (Phi) is 1.86. The number of carbonyl (C=O) groups is 1. The number of hydrogen-bond acceptors (Lipinski definition) is 4. The molecule has 1 amide bonds. The lowest BCUT2D eigenvalue weighted by molar-refractivity contribution is 0.0974. The van der Waals surface area contributed by atoms with Gasteiger partial charge in [0.2, 0.25) is 0 Å². The molecule has 4 nitrogen and oxygen atoms in total. The fourth-order valence-electron chi connectivity index (χ4n) is 0.905. The van der Waals surface area contributed by atoms with E-state index in [0.29, 0.717) is 11.5 Å². The van der Waals surface area contributed by atoms with E-state index < -0.39 is 5.91 Å². The first-order valence-corrected chi connectivity index (χ1v) is 4.37. The van der Waals surface area contributed by atoms with Crippen molar-refractivity contribution in [2.24, 2.45) is 5.73 Å². The van der Waals surface area contributed by atoms with Gasteiger partial charge >= 0.3 is 0 Å². The first kappa shape index (κ1) is 8.00. The highest BCUT2D eigenvalue weighted by molar-refractivity contribution is 7.07. The molecule has 5 heteroatoms. The monoisotopic (exact) mass is 193 g/mol. The zero-order valence-corrected chi connectivity index (χ0v) is 7.30. The summed E-state index contributed by atoms with van der Waals surface area (Å²) in [5, 5.41) is 1.78. The molecule has 0 saturated carbocycles. The van der Waals surface area contributed by atoms with Gasteiger partial charge < -0.3 is 10.2 Å². The van der Waals surface area contributed by atoms with Crippen LogP contribution in [-0.2, 0) is 0 Å². The second-order valence-corrected chi connectivity index (χ2v) is 3.01. The molecule has 1 radical (unpaired) electrons. The van der Waals surface area contributed by atoms with Crippen LogP contribution < -0.4 is 5.73 Å². The van der Waals surface area contributed by atoms with E-state index in [4.69, 9.17) is 10.2 Å². The van der Waals surface area contributed by atoms with Gasteiger partial charge in [0.05, 0.1) is 0 Å². The molecule has 2 N–H and O–H groups in total. The van der Waals surface area contributed by atoms with E-state index in [1.165, 1.54) is 17.4 Å². The van der Waals surface area contributed by atoms with Gasteiger partial charge in [0.25, 0.3) is 5.91 Å². The lowest BCUT2D eigenvalue weighted by Crippen LogP contribution is -2.09. The van der Waals surface area contributed by atoms with E-state index in [-0.39, 0.29) is 5.76 Å². The molecule has 0 unspecified atom stereocenters. The Bertz CT molecular complexity index is 419.